The third kappa shape index (κ3) is 2.57. The summed E-state index contributed by atoms with van der Waals surface area (Å²) in [6.45, 7) is 8.32. The maximum Gasteiger partial charge on any atom is 0.134 e. The van der Waals surface area contributed by atoms with E-state index in [4.69, 9.17) is 4.42 Å². The fourth-order valence-corrected chi connectivity index (χ4v) is 2.12. The molecule has 0 aliphatic rings. The van der Waals surface area contributed by atoms with Crippen molar-refractivity contribution in [1.29, 1.82) is 0 Å². The maximum absolute atomic E-state index is 9.44. The van der Waals surface area contributed by atoms with Gasteiger partial charge in [0, 0.05) is 11.4 Å². The molecule has 2 aromatic rings. The van der Waals surface area contributed by atoms with E-state index >= 15 is 0 Å². The van der Waals surface area contributed by atoms with E-state index < -0.39 is 0 Å². The zero-order valence-corrected chi connectivity index (χ0v) is 11.4. The molecule has 0 amide bonds. The standard InChI is InChI=1S/C15H21NO2/c1-9(2)16-13(8-17)15-7-12-5-10(3)11(4)6-14(12)18-15/h5-7,9,13,16-17H,8H2,1-4H3. The van der Waals surface area contributed by atoms with Crippen molar-refractivity contribution in [2.24, 2.45) is 0 Å². The highest BCUT2D eigenvalue weighted by Crippen LogP contribution is 2.26. The van der Waals surface area contributed by atoms with Gasteiger partial charge in [0.1, 0.15) is 11.3 Å². The first-order valence-corrected chi connectivity index (χ1v) is 6.39. The van der Waals surface area contributed by atoms with Crippen molar-refractivity contribution in [2.75, 3.05) is 6.61 Å². The smallest absolute Gasteiger partial charge is 0.134 e. The normalized spacial score (nSPS) is 13.4. The van der Waals surface area contributed by atoms with Crippen LogP contribution in [0.2, 0.25) is 0 Å². The van der Waals surface area contributed by atoms with Gasteiger partial charge in [0.2, 0.25) is 0 Å². The molecule has 0 saturated heterocycles. The lowest BCUT2D eigenvalue weighted by atomic mass is 10.1. The van der Waals surface area contributed by atoms with Crippen molar-refractivity contribution >= 4 is 11.0 Å². The van der Waals surface area contributed by atoms with E-state index in [9.17, 15) is 5.11 Å². The third-order valence-corrected chi connectivity index (χ3v) is 3.21. The Hall–Kier alpha value is -1.32. The summed E-state index contributed by atoms with van der Waals surface area (Å²) in [5.41, 5.74) is 3.37. The van der Waals surface area contributed by atoms with Gasteiger partial charge in [-0.1, -0.05) is 13.8 Å². The topological polar surface area (TPSA) is 45.4 Å². The molecule has 3 heteroatoms. The van der Waals surface area contributed by atoms with Gasteiger partial charge in [0.05, 0.1) is 12.6 Å². The van der Waals surface area contributed by atoms with Crippen LogP contribution in [-0.4, -0.2) is 17.8 Å². The van der Waals surface area contributed by atoms with Gasteiger partial charge >= 0.3 is 0 Å². The fourth-order valence-electron chi connectivity index (χ4n) is 2.12. The van der Waals surface area contributed by atoms with Crippen molar-refractivity contribution < 1.29 is 9.52 Å². The van der Waals surface area contributed by atoms with Gasteiger partial charge < -0.3 is 14.8 Å². The second kappa shape index (κ2) is 5.12. The largest absolute Gasteiger partial charge is 0.459 e. The lowest BCUT2D eigenvalue weighted by Crippen LogP contribution is -2.30. The highest BCUT2D eigenvalue weighted by molar-refractivity contribution is 5.79. The molecule has 1 atom stereocenters. The molecule has 0 aliphatic heterocycles. The van der Waals surface area contributed by atoms with Gasteiger partial charge in [-0.05, 0) is 43.2 Å². The molecule has 3 nitrogen and oxygen atoms in total. The van der Waals surface area contributed by atoms with Crippen molar-refractivity contribution in [3.8, 4) is 0 Å². The van der Waals surface area contributed by atoms with E-state index in [1.54, 1.807) is 0 Å². The molecule has 98 valence electrons. The van der Waals surface area contributed by atoms with Gasteiger partial charge in [-0.25, -0.2) is 0 Å². The number of furan rings is 1. The molecule has 0 spiro atoms. The van der Waals surface area contributed by atoms with Crippen LogP contribution in [0.4, 0.5) is 0 Å². The highest BCUT2D eigenvalue weighted by Gasteiger charge is 2.16. The van der Waals surface area contributed by atoms with Crippen LogP contribution in [0.5, 0.6) is 0 Å². The van der Waals surface area contributed by atoms with E-state index in [0.717, 1.165) is 16.7 Å². The minimum atomic E-state index is -0.141. The van der Waals surface area contributed by atoms with Crippen molar-refractivity contribution in [3.63, 3.8) is 0 Å². The lowest BCUT2D eigenvalue weighted by Gasteiger charge is -2.16. The molecule has 0 saturated carbocycles. The number of aliphatic hydroxyl groups is 1. The molecule has 1 heterocycles. The molecule has 18 heavy (non-hydrogen) atoms. The number of rotatable bonds is 4. The number of aliphatic hydroxyl groups excluding tert-OH is 1. The molecule has 0 aliphatic carbocycles. The second-order valence-electron chi connectivity index (χ2n) is 5.18. The Morgan fingerprint density at radius 1 is 1.17 bits per heavy atom. The van der Waals surface area contributed by atoms with Crippen LogP contribution in [0, 0.1) is 13.8 Å². The first kappa shape index (κ1) is 13.1. The number of aryl methyl sites for hydroxylation is 2. The van der Waals surface area contributed by atoms with Crippen molar-refractivity contribution in [2.45, 2.75) is 39.8 Å². The average molecular weight is 247 g/mol. The first-order chi connectivity index (χ1) is 8.51. The third-order valence-electron chi connectivity index (χ3n) is 3.21. The van der Waals surface area contributed by atoms with Gasteiger partial charge in [0.15, 0.2) is 0 Å². The summed E-state index contributed by atoms with van der Waals surface area (Å²) < 4.78 is 5.84. The van der Waals surface area contributed by atoms with Crippen LogP contribution < -0.4 is 5.32 Å². The van der Waals surface area contributed by atoms with E-state index in [1.165, 1.54) is 11.1 Å². The fraction of sp³-hybridized carbons (Fsp3) is 0.467. The number of fused-ring (bicyclic) bond motifs is 1. The molecular formula is C15H21NO2. The molecule has 0 bridgehead atoms. The number of nitrogens with one attached hydrogen (secondary N) is 1. The Bertz CT molecular complexity index is 504. The molecule has 0 fully saturated rings. The van der Waals surface area contributed by atoms with E-state index in [2.05, 4.69) is 45.1 Å². The first-order valence-electron chi connectivity index (χ1n) is 6.39. The van der Waals surface area contributed by atoms with Gasteiger partial charge in [-0.15, -0.1) is 0 Å². The van der Waals surface area contributed by atoms with Crippen LogP contribution in [0.25, 0.3) is 11.0 Å². The average Bonchev–Trinajstić information content (AvgIpc) is 2.69. The summed E-state index contributed by atoms with van der Waals surface area (Å²) in [6, 6.07) is 6.36. The van der Waals surface area contributed by atoms with Crippen LogP contribution in [0.1, 0.15) is 36.8 Å². The Morgan fingerprint density at radius 2 is 1.83 bits per heavy atom. The van der Waals surface area contributed by atoms with Gasteiger partial charge in [-0.3, -0.25) is 0 Å². The molecule has 2 N–H and O–H groups in total. The number of hydrogen-bond donors (Lipinski definition) is 2. The molecule has 1 aromatic carbocycles. The predicted molar refractivity (Wildman–Crippen MR) is 73.8 cm³/mol. The minimum absolute atomic E-state index is 0.0377. The van der Waals surface area contributed by atoms with Crippen LogP contribution >= 0.6 is 0 Å². The summed E-state index contributed by atoms with van der Waals surface area (Å²) >= 11 is 0. The second-order valence-corrected chi connectivity index (χ2v) is 5.18. The van der Waals surface area contributed by atoms with Crippen LogP contribution in [-0.2, 0) is 0 Å². The Kier molecular flexibility index (Phi) is 3.73. The maximum atomic E-state index is 9.44. The molecular weight excluding hydrogens is 226 g/mol. The van der Waals surface area contributed by atoms with Gasteiger partial charge in [-0.2, -0.15) is 0 Å². The number of hydrogen-bond acceptors (Lipinski definition) is 3. The summed E-state index contributed by atoms with van der Waals surface area (Å²) in [5, 5.41) is 13.8. The summed E-state index contributed by atoms with van der Waals surface area (Å²) in [4.78, 5) is 0. The molecule has 1 aromatic heterocycles. The van der Waals surface area contributed by atoms with Crippen LogP contribution in [0.3, 0.4) is 0 Å². The lowest BCUT2D eigenvalue weighted by molar-refractivity contribution is 0.221. The van der Waals surface area contributed by atoms with Gasteiger partial charge in [0.25, 0.3) is 0 Å². The van der Waals surface area contributed by atoms with E-state index in [0.29, 0.717) is 6.04 Å². The van der Waals surface area contributed by atoms with Crippen molar-refractivity contribution in [1.82, 2.24) is 5.32 Å². The zero-order chi connectivity index (χ0) is 13.3. The zero-order valence-electron chi connectivity index (χ0n) is 11.4. The molecule has 1 unspecified atom stereocenters. The van der Waals surface area contributed by atoms with E-state index in [-0.39, 0.29) is 12.6 Å². The molecule has 0 radical (unpaired) electrons. The quantitative estimate of drug-likeness (QED) is 0.872. The summed E-state index contributed by atoms with van der Waals surface area (Å²) in [6.07, 6.45) is 0. The number of benzene rings is 1. The summed E-state index contributed by atoms with van der Waals surface area (Å²) in [5.74, 6) is 0.797. The Labute approximate surface area is 108 Å². The molecule has 2 rings (SSSR count). The Morgan fingerprint density at radius 3 is 2.44 bits per heavy atom. The van der Waals surface area contributed by atoms with Crippen LogP contribution in [0.15, 0.2) is 22.6 Å². The SMILES string of the molecule is Cc1cc2cc(C(CO)NC(C)C)oc2cc1C. The van der Waals surface area contributed by atoms with Crippen molar-refractivity contribution in [3.05, 3.63) is 35.1 Å². The monoisotopic (exact) mass is 247 g/mol. The summed E-state index contributed by atoms with van der Waals surface area (Å²) in [7, 11) is 0. The van der Waals surface area contributed by atoms with E-state index in [1.807, 2.05) is 6.07 Å². The Balaban J connectivity index is 2.39. The predicted octanol–water partition coefficient (Wildman–Crippen LogP) is 3.08. The minimum Gasteiger partial charge on any atom is -0.459 e. The highest BCUT2D eigenvalue weighted by atomic mass is 16.3.